The SMILES string of the molecule is [Co+2].[F-].[Li+].[S-2]. The summed E-state index contributed by atoms with van der Waals surface area (Å²) in [4.78, 5) is 0. The third-order valence-electron chi connectivity index (χ3n) is 0. The van der Waals surface area contributed by atoms with Gasteiger partial charge in [-0.15, -0.1) is 0 Å². The smallest absolute Gasteiger partial charge is 2.00 e. The largest absolute Gasteiger partial charge is 2.00 e. The van der Waals surface area contributed by atoms with E-state index < -0.39 is 0 Å². The maximum atomic E-state index is 0. The number of halogens is 1. The first-order chi connectivity index (χ1) is 0. The summed E-state index contributed by atoms with van der Waals surface area (Å²) in [7, 11) is 0. The Balaban J connectivity index is 0. The fourth-order valence-corrected chi connectivity index (χ4v) is 0. The fourth-order valence-electron chi connectivity index (χ4n) is 0. The van der Waals surface area contributed by atoms with Gasteiger partial charge in [0.25, 0.3) is 0 Å². The van der Waals surface area contributed by atoms with Gasteiger partial charge in [-0.1, -0.05) is 0 Å². The molecule has 0 aliphatic heterocycles. The molecule has 0 aromatic rings. The molecule has 4 heavy (non-hydrogen) atoms. The van der Waals surface area contributed by atoms with E-state index in [1.54, 1.807) is 0 Å². The first kappa shape index (κ1) is 54.0. The van der Waals surface area contributed by atoms with Crippen LogP contribution in [0.25, 0.3) is 0 Å². The van der Waals surface area contributed by atoms with Gasteiger partial charge in [-0.3, -0.25) is 0 Å². The van der Waals surface area contributed by atoms with Gasteiger partial charge in [0.15, 0.2) is 0 Å². The Morgan fingerprint density at radius 1 is 1.00 bits per heavy atom. The molecule has 0 nitrogen and oxygen atoms in total. The van der Waals surface area contributed by atoms with Crippen LogP contribution in [0.5, 0.6) is 0 Å². The van der Waals surface area contributed by atoms with Gasteiger partial charge < -0.3 is 18.2 Å². The molecular weight excluding hydrogens is 117 g/mol. The summed E-state index contributed by atoms with van der Waals surface area (Å²) in [5.74, 6) is 0. The minimum Gasteiger partial charge on any atom is -2.00 e. The molecule has 0 fully saturated rings. The average Bonchev–Trinajstić information content (AvgIpc) is 0. The van der Waals surface area contributed by atoms with Crippen molar-refractivity contribution in [3.05, 3.63) is 0 Å². The van der Waals surface area contributed by atoms with Crippen molar-refractivity contribution in [1.82, 2.24) is 0 Å². The second-order valence-electron chi connectivity index (χ2n) is 0. The zero-order valence-electron chi connectivity index (χ0n) is 2.12. The van der Waals surface area contributed by atoms with Crippen LogP contribution in [-0.2, 0) is 30.3 Å². The van der Waals surface area contributed by atoms with Gasteiger partial charge in [-0.2, -0.15) is 0 Å². The van der Waals surface area contributed by atoms with Gasteiger partial charge in [0, 0.05) is 0 Å². The van der Waals surface area contributed by atoms with Crippen molar-refractivity contribution >= 4 is 13.5 Å². The normalized spacial score (nSPS) is 0. The summed E-state index contributed by atoms with van der Waals surface area (Å²) >= 11 is 0. The van der Waals surface area contributed by atoms with Crippen LogP contribution >= 0.6 is 0 Å². The van der Waals surface area contributed by atoms with E-state index in [9.17, 15) is 0 Å². The molecule has 0 unspecified atom stereocenters. The molecule has 0 N–H and O–H groups in total. The Morgan fingerprint density at radius 2 is 1.00 bits per heavy atom. The van der Waals surface area contributed by atoms with Crippen LogP contribution in [0.3, 0.4) is 0 Å². The monoisotopic (exact) mass is 117 g/mol. The minimum atomic E-state index is 0. The van der Waals surface area contributed by atoms with Gasteiger partial charge in [-0.25, -0.2) is 0 Å². The summed E-state index contributed by atoms with van der Waals surface area (Å²) in [6, 6.07) is 0. The molecule has 0 aliphatic carbocycles. The van der Waals surface area contributed by atoms with Crippen LogP contribution in [0.1, 0.15) is 0 Å². The van der Waals surface area contributed by atoms with Crippen LogP contribution in [-0.4, -0.2) is 0 Å². The van der Waals surface area contributed by atoms with E-state index in [2.05, 4.69) is 0 Å². The molecule has 0 rings (SSSR count). The predicted octanol–water partition coefficient (Wildman–Crippen LogP) is -6.00. The topological polar surface area (TPSA) is 0 Å². The van der Waals surface area contributed by atoms with Crippen molar-refractivity contribution in [3.8, 4) is 0 Å². The van der Waals surface area contributed by atoms with Crippen LogP contribution in [0.2, 0.25) is 0 Å². The first-order valence-corrected chi connectivity index (χ1v) is 0. The van der Waals surface area contributed by atoms with E-state index in [0.29, 0.717) is 0 Å². The minimum absolute atomic E-state index is 0. The molecule has 0 spiro atoms. The molecule has 0 atom stereocenters. The molecule has 4 heteroatoms. The molecule has 1 radical (unpaired) electrons. The van der Waals surface area contributed by atoms with E-state index in [4.69, 9.17) is 0 Å². The average molecular weight is 117 g/mol. The zero-order valence-corrected chi connectivity index (χ0v) is 3.98. The molecule has 0 bridgehead atoms. The number of hydrogen-bond acceptors (Lipinski definition) is 0. The molecule has 0 saturated heterocycles. The summed E-state index contributed by atoms with van der Waals surface area (Å²) in [5, 5.41) is 0. The quantitative estimate of drug-likeness (QED) is 0.277. The van der Waals surface area contributed by atoms with Crippen LogP contribution < -0.4 is 23.6 Å². The van der Waals surface area contributed by atoms with Crippen molar-refractivity contribution < 1.29 is 40.3 Å². The van der Waals surface area contributed by atoms with Crippen molar-refractivity contribution in [2.24, 2.45) is 0 Å². The van der Waals surface area contributed by atoms with E-state index in [-0.39, 0.29) is 53.8 Å². The third-order valence-corrected chi connectivity index (χ3v) is 0. The van der Waals surface area contributed by atoms with Crippen molar-refractivity contribution in [2.45, 2.75) is 0 Å². The molecule has 0 aromatic carbocycles. The van der Waals surface area contributed by atoms with Crippen LogP contribution in [0, 0.1) is 0 Å². The summed E-state index contributed by atoms with van der Waals surface area (Å²) in [5.41, 5.74) is 0. The van der Waals surface area contributed by atoms with Gasteiger partial charge in [0.1, 0.15) is 0 Å². The zero-order chi connectivity index (χ0) is 0. The molecule has 0 amide bonds. The predicted molar refractivity (Wildman–Crippen MR) is 7.37 cm³/mol. The molecule has 0 aromatic heterocycles. The van der Waals surface area contributed by atoms with Gasteiger partial charge in [0.2, 0.25) is 0 Å². The Hall–Kier alpha value is 1.38. The van der Waals surface area contributed by atoms with Crippen molar-refractivity contribution in [2.75, 3.05) is 0 Å². The third kappa shape index (κ3) is 10.0. The van der Waals surface area contributed by atoms with E-state index in [1.807, 2.05) is 0 Å². The van der Waals surface area contributed by atoms with Gasteiger partial charge in [0.05, 0.1) is 0 Å². The summed E-state index contributed by atoms with van der Waals surface area (Å²) < 4.78 is 0. The maximum Gasteiger partial charge on any atom is 2.00 e. The van der Waals surface area contributed by atoms with Crippen molar-refractivity contribution in [1.29, 1.82) is 0 Å². The molecule has 0 saturated carbocycles. The van der Waals surface area contributed by atoms with E-state index in [1.165, 1.54) is 0 Å². The second kappa shape index (κ2) is 26.2. The molecule has 0 heterocycles. The fraction of sp³-hybridized carbons (Fsp3) is 0. The Kier molecular flexibility index (Phi) is 354. The number of rotatable bonds is 0. The first-order valence-electron chi connectivity index (χ1n) is 0. The maximum absolute atomic E-state index is 0. The van der Waals surface area contributed by atoms with Gasteiger partial charge in [-0.05, 0) is 0 Å². The van der Waals surface area contributed by atoms with E-state index >= 15 is 0 Å². The van der Waals surface area contributed by atoms with Gasteiger partial charge >= 0.3 is 35.6 Å². The number of hydrogen-bond donors (Lipinski definition) is 0. The Labute approximate surface area is 53.9 Å². The van der Waals surface area contributed by atoms with E-state index in [0.717, 1.165) is 0 Å². The Bertz CT molecular complexity index is 8.00. The second-order valence-corrected chi connectivity index (χ2v) is 0. The molecular formula is CoFLiS. The summed E-state index contributed by atoms with van der Waals surface area (Å²) in [6.07, 6.45) is 0. The van der Waals surface area contributed by atoms with Crippen LogP contribution in [0.4, 0.5) is 0 Å². The molecule has 23 valence electrons. The standard InChI is InChI=1S/Co.FH.Li.S/h;1H;;/q+2;;+1;-2/p-1. The molecule has 0 aliphatic rings. The van der Waals surface area contributed by atoms with Crippen molar-refractivity contribution in [3.63, 3.8) is 0 Å². The summed E-state index contributed by atoms with van der Waals surface area (Å²) in [6.45, 7) is 0. The van der Waals surface area contributed by atoms with Crippen LogP contribution in [0.15, 0.2) is 0 Å². The Morgan fingerprint density at radius 3 is 1.00 bits per heavy atom.